The molecule has 0 aliphatic rings. The maximum Gasteiger partial charge on any atom is 0.0853 e. The monoisotopic (exact) mass is 373 g/mol. The van der Waals surface area contributed by atoms with Gasteiger partial charge in [0.2, 0.25) is 0 Å². The van der Waals surface area contributed by atoms with E-state index in [4.69, 9.17) is 10.7 Å². The van der Waals surface area contributed by atoms with Gasteiger partial charge in [-0.25, -0.2) is 4.68 Å². The largest absolute Gasteiger partial charge is 0.390 e. The van der Waals surface area contributed by atoms with Gasteiger partial charge >= 0.3 is 0 Å². The van der Waals surface area contributed by atoms with Gasteiger partial charge in [-0.2, -0.15) is 5.10 Å². The van der Waals surface area contributed by atoms with Crippen molar-refractivity contribution in [2.75, 3.05) is 0 Å². The molecule has 0 spiro atoms. The number of nitrogens with zero attached hydrogens (tertiary/aromatic N) is 4. The number of fused-ring (bicyclic) bond motifs is 1. The minimum absolute atomic E-state index is 0.0482. The van der Waals surface area contributed by atoms with Crippen LogP contribution in [0.25, 0.3) is 27.8 Å². The van der Waals surface area contributed by atoms with E-state index in [2.05, 4.69) is 29.1 Å². The van der Waals surface area contributed by atoms with Gasteiger partial charge in [-0.05, 0) is 36.8 Å². The second-order valence-electron chi connectivity index (χ2n) is 6.84. The summed E-state index contributed by atoms with van der Waals surface area (Å²) in [6.07, 6.45) is 5.45. The summed E-state index contributed by atoms with van der Waals surface area (Å²) in [7, 11) is 0. The molecule has 0 saturated carbocycles. The van der Waals surface area contributed by atoms with Crippen molar-refractivity contribution in [2.45, 2.75) is 32.4 Å². The third kappa shape index (κ3) is 3.52. The maximum atomic E-state index is 9.36. The highest BCUT2D eigenvalue weighted by atomic mass is 16.3. The molecule has 3 aromatic heterocycles. The summed E-state index contributed by atoms with van der Waals surface area (Å²) < 4.78 is 1.85. The van der Waals surface area contributed by atoms with Crippen molar-refractivity contribution < 1.29 is 5.11 Å². The van der Waals surface area contributed by atoms with Gasteiger partial charge in [0.05, 0.1) is 41.1 Å². The molecule has 28 heavy (non-hydrogen) atoms. The molecule has 0 unspecified atom stereocenters. The Hall–Kier alpha value is -3.09. The summed E-state index contributed by atoms with van der Waals surface area (Å²) in [5, 5.41) is 14.9. The van der Waals surface area contributed by atoms with E-state index in [1.807, 2.05) is 47.3 Å². The lowest BCUT2D eigenvalue weighted by Gasteiger charge is -2.11. The Morgan fingerprint density at radius 2 is 2.04 bits per heavy atom. The van der Waals surface area contributed by atoms with Gasteiger partial charge in [0.25, 0.3) is 0 Å². The van der Waals surface area contributed by atoms with E-state index in [1.165, 1.54) is 0 Å². The minimum Gasteiger partial charge on any atom is -0.390 e. The van der Waals surface area contributed by atoms with Gasteiger partial charge in [-0.3, -0.25) is 9.97 Å². The van der Waals surface area contributed by atoms with Gasteiger partial charge in [-0.1, -0.05) is 31.5 Å². The van der Waals surface area contributed by atoms with E-state index in [1.54, 1.807) is 6.20 Å². The summed E-state index contributed by atoms with van der Waals surface area (Å²) >= 11 is 0. The van der Waals surface area contributed by atoms with Gasteiger partial charge in [0.15, 0.2) is 0 Å². The molecule has 0 fully saturated rings. The molecule has 0 amide bonds. The number of hydrogen-bond donors (Lipinski definition) is 2. The van der Waals surface area contributed by atoms with Crippen LogP contribution < -0.4 is 5.73 Å². The second-order valence-corrected chi connectivity index (χ2v) is 6.84. The number of benzene rings is 1. The summed E-state index contributed by atoms with van der Waals surface area (Å²) in [6.45, 7) is 2.02. The summed E-state index contributed by atoms with van der Waals surface area (Å²) in [6, 6.07) is 15.8. The van der Waals surface area contributed by atoms with Crippen LogP contribution in [-0.2, 0) is 6.61 Å². The standard InChI is InChI=1S/C22H23N5O/c1-2-4-19(23)21-6-3-5-20(26-21)15-7-8-16-13-25-27(22(16)11-15)18-9-10-24-17(12-18)14-28/h3,5-13,19,28H,2,4,14,23H2,1H3/t19-/m0/s1. The Balaban J connectivity index is 1.77. The van der Waals surface area contributed by atoms with E-state index in [0.29, 0.717) is 5.69 Å². The molecule has 1 aromatic carbocycles. The lowest BCUT2D eigenvalue weighted by Crippen LogP contribution is -2.11. The van der Waals surface area contributed by atoms with Gasteiger partial charge in [0, 0.05) is 23.2 Å². The predicted octanol–water partition coefficient (Wildman–Crippen LogP) is 3.77. The third-order valence-corrected chi connectivity index (χ3v) is 4.82. The Morgan fingerprint density at radius 3 is 2.86 bits per heavy atom. The zero-order valence-corrected chi connectivity index (χ0v) is 15.8. The van der Waals surface area contributed by atoms with E-state index in [-0.39, 0.29) is 12.6 Å². The van der Waals surface area contributed by atoms with Crippen molar-refractivity contribution in [1.29, 1.82) is 0 Å². The molecule has 0 aliphatic carbocycles. The van der Waals surface area contributed by atoms with E-state index in [0.717, 1.165) is 46.4 Å². The van der Waals surface area contributed by atoms with E-state index in [9.17, 15) is 5.11 Å². The Morgan fingerprint density at radius 1 is 1.14 bits per heavy atom. The van der Waals surface area contributed by atoms with Crippen molar-refractivity contribution in [3.05, 3.63) is 72.3 Å². The van der Waals surface area contributed by atoms with E-state index >= 15 is 0 Å². The molecule has 3 N–H and O–H groups in total. The maximum absolute atomic E-state index is 9.36. The summed E-state index contributed by atoms with van der Waals surface area (Å²) in [4.78, 5) is 8.93. The number of pyridine rings is 2. The van der Waals surface area contributed by atoms with Crippen LogP contribution >= 0.6 is 0 Å². The van der Waals surface area contributed by atoms with Crippen LogP contribution in [0.4, 0.5) is 0 Å². The van der Waals surface area contributed by atoms with Crippen LogP contribution in [0.15, 0.2) is 60.9 Å². The quantitative estimate of drug-likeness (QED) is 0.537. The molecule has 3 heterocycles. The smallest absolute Gasteiger partial charge is 0.0853 e. The first-order chi connectivity index (χ1) is 13.7. The summed E-state index contributed by atoms with van der Waals surface area (Å²) in [5.41, 5.74) is 11.5. The number of aliphatic hydroxyl groups excluding tert-OH is 1. The molecule has 142 valence electrons. The van der Waals surface area contributed by atoms with Crippen LogP contribution in [0, 0.1) is 0 Å². The third-order valence-electron chi connectivity index (χ3n) is 4.82. The number of aliphatic hydroxyl groups is 1. The Labute approximate surface area is 163 Å². The van der Waals surface area contributed by atoms with Gasteiger partial charge in [-0.15, -0.1) is 0 Å². The number of aromatic nitrogens is 4. The zero-order valence-electron chi connectivity index (χ0n) is 15.8. The molecular formula is C22H23N5O. The Bertz CT molecular complexity index is 1100. The minimum atomic E-state index is -0.104. The fourth-order valence-corrected chi connectivity index (χ4v) is 3.34. The van der Waals surface area contributed by atoms with Crippen molar-refractivity contribution in [1.82, 2.24) is 19.7 Å². The SMILES string of the molecule is CCC[C@H](N)c1cccc(-c2ccc3cnn(-c4ccnc(CO)c4)c3c2)n1. The molecule has 0 aliphatic heterocycles. The predicted molar refractivity (Wildman–Crippen MR) is 110 cm³/mol. The number of rotatable bonds is 6. The molecule has 0 radical (unpaired) electrons. The fraction of sp³-hybridized carbons (Fsp3) is 0.227. The zero-order chi connectivity index (χ0) is 19.5. The first-order valence-electron chi connectivity index (χ1n) is 9.46. The molecule has 6 heteroatoms. The molecular weight excluding hydrogens is 350 g/mol. The first kappa shape index (κ1) is 18.3. The molecule has 0 saturated heterocycles. The van der Waals surface area contributed by atoms with Crippen LogP contribution in [0.5, 0.6) is 0 Å². The first-order valence-corrected chi connectivity index (χ1v) is 9.46. The molecule has 4 rings (SSSR count). The fourth-order valence-electron chi connectivity index (χ4n) is 3.34. The van der Waals surface area contributed by atoms with Crippen molar-refractivity contribution >= 4 is 10.9 Å². The number of nitrogens with two attached hydrogens (primary N) is 1. The van der Waals surface area contributed by atoms with Crippen LogP contribution in [0.2, 0.25) is 0 Å². The Kier molecular flexibility index (Phi) is 5.14. The molecule has 4 aromatic rings. The van der Waals surface area contributed by atoms with E-state index < -0.39 is 0 Å². The van der Waals surface area contributed by atoms with Crippen molar-refractivity contribution in [2.24, 2.45) is 5.73 Å². The van der Waals surface area contributed by atoms with Crippen molar-refractivity contribution in [3.63, 3.8) is 0 Å². The van der Waals surface area contributed by atoms with Crippen molar-refractivity contribution in [3.8, 4) is 16.9 Å². The average Bonchev–Trinajstić information content (AvgIpc) is 3.17. The highest BCUT2D eigenvalue weighted by molar-refractivity contribution is 5.85. The van der Waals surface area contributed by atoms with Crippen LogP contribution in [0.3, 0.4) is 0 Å². The van der Waals surface area contributed by atoms with Crippen LogP contribution in [-0.4, -0.2) is 24.9 Å². The lowest BCUT2D eigenvalue weighted by atomic mass is 10.1. The highest BCUT2D eigenvalue weighted by Crippen LogP contribution is 2.26. The molecule has 1 atom stereocenters. The average molecular weight is 373 g/mol. The normalized spacial score (nSPS) is 12.4. The van der Waals surface area contributed by atoms with Gasteiger partial charge in [0.1, 0.15) is 0 Å². The summed E-state index contributed by atoms with van der Waals surface area (Å²) in [5.74, 6) is 0. The topological polar surface area (TPSA) is 89.8 Å². The highest BCUT2D eigenvalue weighted by Gasteiger charge is 2.11. The molecule has 6 nitrogen and oxygen atoms in total. The lowest BCUT2D eigenvalue weighted by molar-refractivity contribution is 0.277. The van der Waals surface area contributed by atoms with Gasteiger partial charge < -0.3 is 10.8 Å². The number of hydrogen-bond acceptors (Lipinski definition) is 5. The molecule has 0 bridgehead atoms. The second kappa shape index (κ2) is 7.88. The van der Waals surface area contributed by atoms with Crippen LogP contribution in [0.1, 0.15) is 37.2 Å².